The van der Waals surface area contributed by atoms with Crippen molar-refractivity contribution in [3.8, 4) is 0 Å². The summed E-state index contributed by atoms with van der Waals surface area (Å²) in [6, 6.07) is 1.21. The predicted molar refractivity (Wildman–Crippen MR) is 83.5 cm³/mol. The Morgan fingerprint density at radius 1 is 1.11 bits per heavy atom. The van der Waals surface area contributed by atoms with Gasteiger partial charge in [-0.15, -0.1) is 0 Å². The van der Waals surface area contributed by atoms with Crippen LogP contribution in [0.25, 0.3) is 0 Å². The molecule has 0 amide bonds. The summed E-state index contributed by atoms with van der Waals surface area (Å²) < 4.78 is 5.61. The van der Waals surface area contributed by atoms with Gasteiger partial charge >= 0.3 is 0 Å². The fraction of sp³-hybridized carbons (Fsp3) is 1.00. The van der Waals surface area contributed by atoms with E-state index in [1.165, 1.54) is 25.7 Å². The number of ether oxygens (including phenoxy) is 1. The molecule has 1 fully saturated rings. The van der Waals surface area contributed by atoms with E-state index in [0.717, 1.165) is 19.1 Å². The van der Waals surface area contributed by atoms with Crippen LogP contribution in [0.2, 0.25) is 0 Å². The Morgan fingerprint density at radius 2 is 1.68 bits per heavy atom. The van der Waals surface area contributed by atoms with Gasteiger partial charge in [0.2, 0.25) is 0 Å². The third-order valence-electron chi connectivity index (χ3n) is 4.71. The number of hydrogen-bond acceptors (Lipinski definition) is 2. The molecule has 0 bridgehead atoms. The van der Waals surface area contributed by atoms with Crippen LogP contribution in [-0.2, 0) is 4.74 Å². The Hall–Kier alpha value is -0.0800. The van der Waals surface area contributed by atoms with Crippen LogP contribution < -0.4 is 5.32 Å². The number of rotatable bonds is 6. The third-order valence-corrected chi connectivity index (χ3v) is 4.71. The Labute approximate surface area is 120 Å². The first-order chi connectivity index (χ1) is 8.84. The maximum Gasteiger partial charge on any atom is 0.0622 e. The van der Waals surface area contributed by atoms with Crippen molar-refractivity contribution in [2.24, 2.45) is 17.3 Å². The predicted octanol–water partition coefficient (Wildman–Crippen LogP) is 4.24. The Balaban J connectivity index is 2.38. The molecule has 1 saturated carbocycles. The Kier molecular flexibility index (Phi) is 6.82. The van der Waals surface area contributed by atoms with Gasteiger partial charge in [-0.25, -0.2) is 0 Å². The van der Waals surface area contributed by atoms with Gasteiger partial charge in [-0.05, 0) is 49.9 Å². The fourth-order valence-electron chi connectivity index (χ4n) is 3.11. The highest BCUT2D eigenvalue weighted by atomic mass is 16.5. The molecule has 1 unspecified atom stereocenters. The molecule has 0 saturated heterocycles. The third kappa shape index (κ3) is 5.83. The minimum absolute atomic E-state index is 0.480. The van der Waals surface area contributed by atoms with Gasteiger partial charge in [0.25, 0.3) is 0 Å². The van der Waals surface area contributed by atoms with E-state index >= 15 is 0 Å². The molecule has 1 aliphatic rings. The summed E-state index contributed by atoms with van der Waals surface area (Å²) >= 11 is 0. The molecule has 2 nitrogen and oxygen atoms in total. The van der Waals surface area contributed by atoms with Crippen molar-refractivity contribution in [3.63, 3.8) is 0 Å². The smallest absolute Gasteiger partial charge is 0.0622 e. The lowest BCUT2D eigenvalue weighted by Crippen LogP contribution is -2.46. The molecule has 2 heteroatoms. The van der Waals surface area contributed by atoms with E-state index in [4.69, 9.17) is 4.74 Å². The van der Waals surface area contributed by atoms with Crippen molar-refractivity contribution < 1.29 is 4.74 Å². The monoisotopic (exact) mass is 269 g/mol. The average Bonchev–Trinajstić information content (AvgIpc) is 2.33. The lowest BCUT2D eigenvalue weighted by Gasteiger charge is -2.39. The molecule has 19 heavy (non-hydrogen) atoms. The second-order valence-electron chi connectivity index (χ2n) is 7.59. The van der Waals surface area contributed by atoms with E-state index < -0.39 is 0 Å². The SMILES string of the molecule is CCOCC(NC1CCC(C(C)(C)C)CC1)C(C)C. The molecular weight excluding hydrogens is 234 g/mol. The van der Waals surface area contributed by atoms with Crippen LogP contribution in [0.15, 0.2) is 0 Å². The van der Waals surface area contributed by atoms with E-state index in [1.54, 1.807) is 0 Å². The van der Waals surface area contributed by atoms with Crippen LogP contribution in [0.4, 0.5) is 0 Å². The summed E-state index contributed by atoms with van der Waals surface area (Å²) in [4.78, 5) is 0. The highest BCUT2D eigenvalue weighted by Crippen LogP contribution is 2.37. The van der Waals surface area contributed by atoms with Gasteiger partial charge in [0.05, 0.1) is 6.61 Å². The van der Waals surface area contributed by atoms with Crippen molar-refractivity contribution in [3.05, 3.63) is 0 Å². The average molecular weight is 269 g/mol. The molecule has 0 aromatic heterocycles. The van der Waals surface area contributed by atoms with Crippen molar-refractivity contribution in [2.75, 3.05) is 13.2 Å². The summed E-state index contributed by atoms with van der Waals surface area (Å²) in [6.07, 6.45) is 5.41. The first kappa shape index (κ1) is 17.0. The molecular formula is C17H35NO. The summed E-state index contributed by atoms with van der Waals surface area (Å²) in [5.74, 6) is 1.54. The van der Waals surface area contributed by atoms with Gasteiger partial charge in [0.15, 0.2) is 0 Å². The van der Waals surface area contributed by atoms with E-state index in [9.17, 15) is 0 Å². The Morgan fingerprint density at radius 3 is 2.11 bits per heavy atom. The summed E-state index contributed by atoms with van der Waals surface area (Å²) in [5.41, 5.74) is 0.480. The maximum atomic E-state index is 5.61. The lowest BCUT2D eigenvalue weighted by atomic mass is 9.71. The molecule has 1 aliphatic carbocycles. The van der Waals surface area contributed by atoms with Crippen LogP contribution in [0.1, 0.15) is 67.2 Å². The van der Waals surface area contributed by atoms with Gasteiger partial charge in [0.1, 0.15) is 0 Å². The number of nitrogens with one attached hydrogen (secondary N) is 1. The molecule has 1 N–H and O–H groups in total. The molecule has 114 valence electrons. The van der Waals surface area contributed by atoms with E-state index in [2.05, 4.69) is 46.9 Å². The van der Waals surface area contributed by atoms with Gasteiger partial charge in [-0.2, -0.15) is 0 Å². The molecule has 1 atom stereocenters. The van der Waals surface area contributed by atoms with Crippen molar-refractivity contribution in [1.82, 2.24) is 5.32 Å². The first-order valence-electron chi connectivity index (χ1n) is 8.18. The zero-order chi connectivity index (χ0) is 14.5. The van der Waals surface area contributed by atoms with E-state index in [0.29, 0.717) is 23.4 Å². The molecule has 0 aromatic carbocycles. The summed E-state index contributed by atoms with van der Waals surface area (Å²) in [7, 11) is 0. The molecule has 0 heterocycles. The second kappa shape index (κ2) is 7.64. The molecule has 0 aliphatic heterocycles. The normalized spacial score (nSPS) is 26.7. The zero-order valence-corrected chi connectivity index (χ0v) is 14.0. The van der Waals surface area contributed by atoms with Gasteiger partial charge < -0.3 is 10.1 Å². The minimum atomic E-state index is 0.480. The second-order valence-corrected chi connectivity index (χ2v) is 7.59. The largest absolute Gasteiger partial charge is 0.380 e. The summed E-state index contributed by atoms with van der Waals surface area (Å²) in [5, 5.41) is 3.84. The molecule has 0 radical (unpaired) electrons. The zero-order valence-electron chi connectivity index (χ0n) is 14.0. The van der Waals surface area contributed by atoms with Gasteiger partial charge in [-0.1, -0.05) is 34.6 Å². The quantitative estimate of drug-likeness (QED) is 0.778. The van der Waals surface area contributed by atoms with Crippen LogP contribution in [-0.4, -0.2) is 25.3 Å². The molecule has 0 aromatic rings. The molecule has 0 spiro atoms. The number of hydrogen-bond donors (Lipinski definition) is 1. The Bertz CT molecular complexity index is 236. The highest BCUT2D eigenvalue weighted by molar-refractivity contribution is 4.85. The van der Waals surface area contributed by atoms with Crippen LogP contribution in [0.5, 0.6) is 0 Å². The van der Waals surface area contributed by atoms with Gasteiger partial charge in [0, 0.05) is 18.7 Å². The van der Waals surface area contributed by atoms with Crippen molar-refractivity contribution in [2.45, 2.75) is 79.3 Å². The highest BCUT2D eigenvalue weighted by Gasteiger charge is 2.30. The minimum Gasteiger partial charge on any atom is -0.380 e. The van der Waals surface area contributed by atoms with Crippen molar-refractivity contribution >= 4 is 0 Å². The standard InChI is InChI=1S/C17H35NO/c1-7-19-12-16(13(2)3)18-15-10-8-14(9-11-15)17(4,5)6/h13-16,18H,7-12H2,1-6H3. The van der Waals surface area contributed by atoms with Crippen LogP contribution in [0.3, 0.4) is 0 Å². The van der Waals surface area contributed by atoms with E-state index in [1.807, 2.05) is 0 Å². The topological polar surface area (TPSA) is 21.3 Å². The van der Waals surface area contributed by atoms with E-state index in [-0.39, 0.29) is 0 Å². The van der Waals surface area contributed by atoms with Crippen LogP contribution >= 0.6 is 0 Å². The maximum absolute atomic E-state index is 5.61. The van der Waals surface area contributed by atoms with Gasteiger partial charge in [-0.3, -0.25) is 0 Å². The molecule has 1 rings (SSSR count). The fourth-order valence-corrected chi connectivity index (χ4v) is 3.11. The lowest BCUT2D eigenvalue weighted by molar-refractivity contribution is 0.0923. The summed E-state index contributed by atoms with van der Waals surface area (Å²) in [6.45, 7) is 15.5. The first-order valence-corrected chi connectivity index (χ1v) is 8.18. The van der Waals surface area contributed by atoms with Crippen LogP contribution in [0, 0.1) is 17.3 Å². The van der Waals surface area contributed by atoms with Crippen molar-refractivity contribution in [1.29, 1.82) is 0 Å².